The van der Waals surface area contributed by atoms with Crippen molar-refractivity contribution < 1.29 is 24.6 Å². The Hall–Kier alpha value is -2.12. The van der Waals surface area contributed by atoms with Gasteiger partial charge in [-0.05, 0) is 30.0 Å². The van der Waals surface area contributed by atoms with Crippen molar-refractivity contribution in [3.63, 3.8) is 0 Å². The van der Waals surface area contributed by atoms with Gasteiger partial charge in [0, 0.05) is 13.5 Å². The van der Waals surface area contributed by atoms with E-state index in [9.17, 15) is 19.8 Å². The summed E-state index contributed by atoms with van der Waals surface area (Å²) in [5.74, 6) is -1.45. The van der Waals surface area contributed by atoms with E-state index in [2.05, 4.69) is 0 Å². The summed E-state index contributed by atoms with van der Waals surface area (Å²) in [5, 5.41) is 19.6. The van der Waals surface area contributed by atoms with Gasteiger partial charge in [-0.3, -0.25) is 4.79 Å². The quantitative estimate of drug-likeness (QED) is 0.615. The average Bonchev–Trinajstić information content (AvgIpc) is 2.45. The van der Waals surface area contributed by atoms with Crippen LogP contribution in [0.4, 0.5) is 0 Å². The molecule has 0 saturated heterocycles. The van der Waals surface area contributed by atoms with Gasteiger partial charge < -0.3 is 20.8 Å². The zero-order valence-electron chi connectivity index (χ0n) is 13.6. The molecule has 0 spiro atoms. The number of carbonyl (C=O) groups excluding carboxylic acids is 1. The number of carbonyl (C=O) groups is 2. The Morgan fingerprint density at radius 2 is 1.83 bits per heavy atom. The number of rotatable bonds is 8. The Balaban J connectivity index is 2.71. The zero-order valence-corrected chi connectivity index (χ0v) is 13.6. The maximum atomic E-state index is 11.9. The lowest BCUT2D eigenvalue weighted by Gasteiger charge is -2.25. The molecule has 23 heavy (non-hydrogen) atoms. The SMILES string of the molecule is CC(C)C[C@H](N)C(=O)ON(C)[C@@H](Cc1ccc(O)cc1)C(=O)O. The number of hydrogen-bond acceptors (Lipinski definition) is 6. The second-order valence-corrected chi connectivity index (χ2v) is 5.92. The summed E-state index contributed by atoms with van der Waals surface area (Å²) in [7, 11) is 1.39. The monoisotopic (exact) mass is 324 g/mol. The highest BCUT2D eigenvalue weighted by Crippen LogP contribution is 2.14. The molecule has 2 atom stereocenters. The van der Waals surface area contributed by atoms with Gasteiger partial charge in [0.2, 0.25) is 0 Å². The van der Waals surface area contributed by atoms with Crippen molar-refractivity contribution >= 4 is 11.9 Å². The van der Waals surface area contributed by atoms with Crippen LogP contribution in [0.15, 0.2) is 24.3 Å². The number of likely N-dealkylation sites (N-methyl/N-ethyl adjacent to an activating group) is 1. The van der Waals surface area contributed by atoms with E-state index < -0.39 is 24.0 Å². The Kier molecular flexibility index (Phi) is 6.99. The number of hydrogen-bond donors (Lipinski definition) is 3. The van der Waals surface area contributed by atoms with E-state index in [4.69, 9.17) is 10.6 Å². The van der Waals surface area contributed by atoms with Gasteiger partial charge in [-0.25, -0.2) is 4.79 Å². The average molecular weight is 324 g/mol. The number of carboxylic acid groups (broad SMARTS) is 1. The fraction of sp³-hybridized carbons (Fsp3) is 0.500. The van der Waals surface area contributed by atoms with Gasteiger partial charge in [-0.2, -0.15) is 0 Å². The van der Waals surface area contributed by atoms with E-state index >= 15 is 0 Å². The van der Waals surface area contributed by atoms with E-state index in [0.717, 1.165) is 5.06 Å². The molecule has 0 aromatic heterocycles. The number of aromatic hydroxyl groups is 1. The molecule has 0 fully saturated rings. The summed E-state index contributed by atoms with van der Waals surface area (Å²) in [6.45, 7) is 3.86. The number of phenols is 1. The molecule has 1 aromatic rings. The van der Waals surface area contributed by atoms with E-state index in [1.807, 2.05) is 13.8 Å². The van der Waals surface area contributed by atoms with Crippen molar-refractivity contribution in [3.05, 3.63) is 29.8 Å². The van der Waals surface area contributed by atoms with Crippen LogP contribution in [0.3, 0.4) is 0 Å². The van der Waals surface area contributed by atoms with E-state index in [1.54, 1.807) is 12.1 Å². The second kappa shape index (κ2) is 8.50. The molecule has 0 heterocycles. The lowest BCUT2D eigenvalue weighted by Crippen LogP contribution is -2.45. The predicted molar refractivity (Wildman–Crippen MR) is 84.5 cm³/mol. The molecule has 0 bridgehead atoms. The molecule has 0 aliphatic heterocycles. The van der Waals surface area contributed by atoms with Crippen LogP contribution in [0.25, 0.3) is 0 Å². The first-order valence-corrected chi connectivity index (χ1v) is 7.41. The van der Waals surface area contributed by atoms with Gasteiger partial charge in [-0.15, -0.1) is 5.06 Å². The topological polar surface area (TPSA) is 113 Å². The molecule has 0 amide bonds. The third-order valence-corrected chi connectivity index (χ3v) is 3.35. The molecule has 4 N–H and O–H groups in total. The van der Waals surface area contributed by atoms with Gasteiger partial charge in [0.05, 0.1) is 0 Å². The minimum Gasteiger partial charge on any atom is -0.508 e. The maximum Gasteiger partial charge on any atom is 0.341 e. The molecule has 0 aliphatic rings. The lowest BCUT2D eigenvalue weighted by atomic mass is 10.0. The summed E-state index contributed by atoms with van der Waals surface area (Å²) in [6, 6.07) is 4.34. The van der Waals surface area contributed by atoms with Crippen LogP contribution >= 0.6 is 0 Å². The maximum absolute atomic E-state index is 11.9. The first-order chi connectivity index (χ1) is 10.7. The van der Waals surface area contributed by atoms with Crippen molar-refractivity contribution in [3.8, 4) is 5.75 Å². The molecule has 7 heteroatoms. The molecule has 1 aromatic carbocycles. The van der Waals surface area contributed by atoms with Crippen molar-refractivity contribution in [2.75, 3.05) is 7.05 Å². The van der Waals surface area contributed by atoms with E-state index in [0.29, 0.717) is 12.0 Å². The second-order valence-electron chi connectivity index (χ2n) is 5.92. The number of aliphatic carboxylic acids is 1. The largest absolute Gasteiger partial charge is 0.508 e. The number of phenolic OH excluding ortho intramolecular Hbond substituents is 1. The highest BCUT2D eigenvalue weighted by Gasteiger charge is 2.28. The molecule has 0 aliphatic carbocycles. The zero-order chi connectivity index (χ0) is 17.6. The predicted octanol–water partition coefficient (Wildman–Crippen LogP) is 1.15. The Labute approximate surface area is 135 Å². The summed E-state index contributed by atoms with van der Waals surface area (Å²) < 4.78 is 0. The number of nitrogens with two attached hydrogens (primary N) is 1. The molecule has 0 unspecified atom stereocenters. The van der Waals surface area contributed by atoms with Crippen LogP contribution in [-0.4, -0.2) is 46.3 Å². The lowest BCUT2D eigenvalue weighted by molar-refractivity contribution is -0.200. The summed E-state index contributed by atoms with van der Waals surface area (Å²) in [5.41, 5.74) is 6.43. The van der Waals surface area contributed by atoms with Crippen LogP contribution in [0, 0.1) is 5.92 Å². The number of benzene rings is 1. The highest BCUT2D eigenvalue weighted by atomic mass is 16.7. The fourth-order valence-corrected chi connectivity index (χ4v) is 2.10. The smallest absolute Gasteiger partial charge is 0.341 e. The summed E-state index contributed by atoms with van der Waals surface area (Å²) in [6.07, 6.45) is 0.585. The van der Waals surface area contributed by atoms with Gasteiger partial charge in [0.15, 0.2) is 0 Å². The van der Waals surface area contributed by atoms with Crippen LogP contribution in [0.5, 0.6) is 5.75 Å². The van der Waals surface area contributed by atoms with Crippen LogP contribution < -0.4 is 5.73 Å². The molecule has 7 nitrogen and oxygen atoms in total. The Morgan fingerprint density at radius 1 is 1.26 bits per heavy atom. The fourth-order valence-electron chi connectivity index (χ4n) is 2.10. The summed E-state index contributed by atoms with van der Waals surface area (Å²) in [4.78, 5) is 28.4. The minimum atomic E-state index is -1.12. The molecule has 0 saturated carbocycles. The van der Waals surface area contributed by atoms with E-state index in [1.165, 1.54) is 19.2 Å². The number of nitrogens with zero attached hydrogens (tertiary/aromatic N) is 1. The van der Waals surface area contributed by atoms with Crippen molar-refractivity contribution in [1.29, 1.82) is 0 Å². The molecule has 0 radical (unpaired) electrons. The van der Waals surface area contributed by atoms with Crippen molar-refractivity contribution in [1.82, 2.24) is 5.06 Å². The third-order valence-electron chi connectivity index (χ3n) is 3.35. The Morgan fingerprint density at radius 3 is 2.30 bits per heavy atom. The summed E-state index contributed by atoms with van der Waals surface area (Å²) >= 11 is 0. The first kappa shape index (κ1) is 18.9. The molecular formula is C16H24N2O5. The molecule has 1 rings (SSSR count). The number of carboxylic acids is 1. The molecule has 128 valence electrons. The third kappa shape index (κ3) is 6.25. The van der Waals surface area contributed by atoms with Gasteiger partial charge in [0.25, 0.3) is 0 Å². The standard InChI is InChI=1S/C16H24N2O5/c1-10(2)8-13(17)16(22)23-18(3)14(15(20)21)9-11-4-6-12(19)7-5-11/h4-7,10,13-14,19H,8-9,17H2,1-3H3,(H,20,21)/t13-,14-/m0/s1. The van der Waals surface area contributed by atoms with Crippen LogP contribution in [-0.2, 0) is 20.8 Å². The van der Waals surface area contributed by atoms with Gasteiger partial charge in [-0.1, -0.05) is 26.0 Å². The molecular weight excluding hydrogens is 300 g/mol. The highest BCUT2D eigenvalue weighted by molar-refractivity contribution is 5.76. The Bertz CT molecular complexity index is 530. The van der Waals surface area contributed by atoms with Gasteiger partial charge >= 0.3 is 11.9 Å². The van der Waals surface area contributed by atoms with Crippen LogP contribution in [0.1, 0.15) is 25.8 Å². The first-order valence-electron chi connectivity index (χ1n) is 7.41. The normalized spacial score (nSPS) is 13.8. The van der Waals surface area contributed by atoms with Crippen molar-refractivity contribution in [2.24, 2.45) is 11.7 Å². The van der Waals surface area contributed by atoms with Crippen LogP contribution in [0.2, 0.25) is 0 Å². The van der Waals surface area contributed by atoms with E-state index in [-0.39, 0.29) is 18.1 Å². The van der Waals surface area contributed by atoms with Crippen molar-refractivity contribution in [2.45, 2.75) is 38.8 Å². The minimum absolute atomic E-state index is 0.0973. The number of hydroxylamine groups is 2. The van der Waals surface area contributed by atoms with Gasteiger partial charge in [0.1, 0.15) is 17.8 Å².